The second-order valence-corrected chi connectivity index (χ2v) is 12.3. The van der Waals surface area contributed by atoms with Crippen LogP contribution in [0.2, 0.25) is 5.02 Å². The lowest BCUT2D eigenvalue weighted by Crippen LogP contribution is -2.36. The third-order valence-electron chi connectivity index (χ3n) is 8.40. The van der Waals surface area contributed by atoms with Gasteiger partial charge in [0.05, 0.1) is 47.2 Å². The number of nitrogens with zero attached hydrogens (tertiary/aromatic N) is 4. The molecule has 1 saturated carbocycles. The molecule has 2 N–H and O–H groups in total. The van der Waals surface area contributed by atoms with Crippen LogP contribution in [0, 0.1) is 35.4 Å². The number of benzene rings is 2. The van der Waals surface area contributed by atoms with Gasteiger partial charge in [0.15, 0.2) is 0 Å². The number of aromatic nitrogens is 2. The lowest BCUT2D eigenvalue weighted by Gasteiger charge is -2.24. The number of likely N-dealkylation sites (tertiary alicyclic amines) is 1. The minimum Gasteiger partial charge on any atom is -0.372 e. The summed E-state index contributed by atoms with van der Waals surface area (Å²) < 4.78 is 25.3. The molecule has 1 amide bonds. The lowest BCUT2D eigenvalue weighted by molar-refractivity contribution is -0.116. The number of carbonyl (C=O) groups excluding carboxylic acids is 1. The van der Waals surface area contributed by atoms with Crippen molar-refractivity contribution in [3.63, 3.8) is 0 Å². The number of amides is 1. The van der Waals surface area contributed by atoms with E-state index in [9.17, 15) is 9.18 Å². The zero-order chi connectivity index (χ0) is 30.8. The molecule has 3 aromatic rings. The number of rotatable bonds is 8. The molecular formula is C33H36ClFN6O3. The molecule has 5 atom stereocenters. The van der Waals surface area contributed by atoms with E-state index in [1.807, 2.05) is 18.2 Å². The standard InChI is InChI=1S/C33H36ClFN6O3/c1-20-23(25(20)16-40(2)3)8-6-21-13-29-24(33(37-19-36-29)38-22-7-9-27(35)26(34)14-22)15-28(21)39-32(42)5-4-10-41-17-30-31(18-41)44-12-11-43-30/h4-5,7,9,13-15,19-20,23,25,30-31H,10-12,16-18H2,1-3H3,(H,39,42)(H,36,37,38). The molecule has 5 unspecified atom stereocenters. The molecule has 2 aromatic carbocycles. The third-order valence-corrected chi connectivity index (χ3v) is 8.69. The Morgan fingerprint density at radius 3 is 2.68 bits per heavy atom. The highest BCUT2D eigenvalue weighted by atomic mass is 35.5. The van der Waals surface area contributed by atoms with Crippen molar-refractivity contribution in [3.05, 3.63) is 65.2 Å². The van der Waals surface area contributed by atoms with Gasteiger partial charge in [0.25, 0.3) is 0 Å². The van der Waals surface area contributed by atoms with E-state index in [-0.39, 0.29) is 23.1 Å². The molecule has 9 nitrogen and oxygen atoms in total. The van der Waals surface area contributed by atoms with E-state index in [1.165, 1.54) is 18.5 Å². The first kappa shape index (κ1) is 30.4. The van der Waals surface area contributed by atoms with Gasteiger partial charge in [0, 0.05) is 49.2 Å². The Balaban J connectivity index is 1.24. The minimum atomic E-state index is -0.506. The van der Waals surface area contributed by atoms with E-state index in [4.69, 9.17) is 21.1 Å². The van der Waals surface area contributed by atoms with Gasteiger partial charge >= 0.3 is 0 Å². The quantitative estimate of drug-likeness (QED) is 0.281. The van der Waals surface area contributed by atoms with E-state index < -0.39 is 5.82 Å². The molecule has 44 heavy (non-hydrogen) atoms. The predicted molar refractivity (Wildman–Crippen MR) is 169 cm³/mol. The number of hydrogen-bond donors (Lipinski definition) is 2. The Kier molecular flexibility index (Phi) is 9.12. The van der Waals surface area contributed by atoms with Gasteiger partial charge in [-0.2, -0.15) is 0 Å². The fourth-order valence-corrected chi connectivity index (χ4v) is 6.12. The second-order valence-electron chi connectivity index (χ2n) is 11.9. The number of carbonyl (C=O) groups is 1. The highest BCUT2D eigenvalue weighted by molar-refractivity contribution is 6.31. The van der Waals surface area contributed by atoms with Crippen LogP contribution in [-0.2, 0) is 14.3 Å². The monoisotopic (exact) mass is 618 g/mol. The van der Waals surface area contributed by atoms with Gasteiger partial charge in [-0.25, -0.2) is 14.4 Å². The van der Waals surface area contributed by atoms with Crippen molar-refractivity contribution in [2.24, 2.45) is 17.8 Å². The first-order valence-electron chi connectivity index (χ1n) is 14.9. The maximum Gasteiger partial charge on any atom is 0.248 e. The normalized spacial score (nSPS) is 24.7. The maximum absolute atomic E-state index is 13.7. The van der Waals surface area contributed by atoms with Crippen LogP contribution >= 0.6 is 11.6 Å². The molecule has 1 aromatic heterocycles. The molecule has 2 saturated heterocycles. The Morgan fingerprint density at radius 2 is 1.95 bits per heavy atom. The molecule has 0 spiro atoms. The van der Waals surface area contributed by atoms with E-state index in [1.54, 1.807) is 12.1 Å². The maximum atomic E-state index is 13.7. The summed E-state index contributed by atoms with van der Waals surface area (Å²) >= 11 is 6.00. The van der Waals surface area contributed by atoms with Gasteiger partial charge in [-0.05, 0) is 56.3 Å². The van der Waals surface area contributed by atoms with Crippen LogP contribution in [0.4, 0.5) is 21.6 Å². The van der Waals surface area contributed by atoms with Gasteiger partial charge in [-0.3, -0.25) is 9.69 Å². The summed E-state index contributed by atoms with van der Waals surface area (Å²) in [6.07, 6.45) is 5.03. The molecule has 6 rings (SSSR count). The van der Waals surface area contributed by atoms with E-state index in [2.05, 4.69) is 63.3 Å². The molecule has 1 aliphatic carbocycles. The zero-order valence-corrected chi connectivity index (χ0v) is 25.8. The van der Waals surface area contributed by atoms with Crippen LogP contribution in [-0.4, -0.2) is 91.4 Å². The first-order valence-corrected chi connectivity index (χ1v) is 15.2. The Labute approximate surface area is 261 Å². The van der Waals surface area contributed by atoms with Crippen molar-refractivity contribution in [3.8, 4) is 11.8 Å². The van der Waals surface area contributed by atoms with E-state index in [0.717, 1.165) is 19.6 Å². The summed E-state index contributed by atoms with van der Waals surface area (Å²) in [5.41, 5.74) is 2.46. The van der Waals surface area contributed by atoms with Crippen molar-refractivity contribution < 1.29 is 18.7 Å². The Bertz CT molecular complexity index is 1620. The molecule has 2 aliphatic heterocycles. The molecular weight excluding hydrogens is 583 g/mol. The number of anilines is 3. The smallest absolute Gasteiger partial charge is 0.248 e. The fourth-order valence-electron chi connectivity index (χ4n) is 5.94. The molecule has 3 fully saturated rings. The molecule has 0 radical (unpaired) electrons. The minimum absolute atomic E-state index is 0.000262. The number of ether oxygens (including phenoxy) is 2. The van der Waals surface area contributed by atoms with Crippen molar-refractivity contribution in [2.75, 3.05) is 64.1 Å². The highest BCUT2D eigenvalue weighted by Gasteiger charge is 2.45. The summed E-state index contributed by atoms with van der Waals surface area (Å²) in [7, 11) is 4.15. The zero-order valence-electron chi connectivity index (χ0n) is 25.0. The summed E-state index contributed by atoms with van der Waals surface area (Å²) in [5.74, 6) is 7.82. The topological polar surface area (TPSA) is 91.8 Å². The van der Waals surface area contributed by atoms with Crippen LogP contribution in [0.5, 0.6) is 0 Å². The summed E-state index contributed by atoms with van der Waals surface area (Å²) in [6.45, 7) is 6.64. The Hall–Kier alpha value is -3.59. The second kappa shape index (κ2) is 13.2. The SMILES string of the molecule is CC1C(C#Cc2cc3ncnc(Nc4ccc(F)c(Cl)c4)c3cc2NC(=O)C=CCN2CC3OCCOC3C2)C1CN(C)C. The van der Waals surface area contributed by atoms with Gasteiger partial charge in [-0.15, -0.1) is 0 Å². The molecule has 11 heteroatoms. The van der Waals surface area contributed by atoms with Crippen LogP contribution < -0.4 is 10.6 Å². The molecule has 3 aliphatic rings. The number of halogens is 2. The highest BCUT2D eigenvalue weighted by Crippen LogP contribution is 2.45. The van der Waals surface area contributed by atoms with Crippen LogP contribution in [0.1, 0.15) is 12.5 Å². The fraction of sp³-hybridized carbons (Fsp3) is 0.424. The van der Waals surface area contributed by atoms with Gasteiger partial charge in [0.1, 0.15) is 18.0 Å². The summed E-state index contributed by atoms with van der Waals surface area (Å²) in [5, 5.41) is 6.89. The lowest BCUT2D eigenvalue weighted by atomic mass is 10.1. The van der Waals surface area contributed by atoms with Crippen LogP contribution in [0.15, 0.2) is 48.8 Å². The van der Waals surface area contributed by atoms with Crippen molar-refractivity contribution in [2.45, 2.75) is 19.1 Å². The van der Waals surface area contributed by atoms with Gasteiger partial charge in [0.2, 0.25) is 5.91 Å². The van der Waals surface area contributed by atoms with Gasteiger partial charge in [-0.1, -0.05) is 36.4 Å². The van der Waals surface area contributed by atoms with E-state index in [0.29, 0.717) is 71.2 Å². The van der Waals surface area contributed by atoms with Crippen molar-refractivity contribution in [1.29, 1.82) is 0 Å². The third kappa shape index (κ3) is 7.04. The molecule has 230 valence electrons. The Morgan fingerprint density at radius 1 is 1.18 bits per heavy atom. The summed E-state index contributed by atoms with van der Waals surface area (Å²) in [4.78, 5) is 26.4. The number of fused-ring (bicyclic) bond motifs is 2. The molecule has 3 heterocycles. The van der Waals surface area contributed by atoms with E-state index >= 15 is 0 Å². The van der Waals surface area contributed by atoms with Crippen LogP contribution in [0.25, 0.3) is 10.9 Å². The number of hydrogen-bond acceptors (Lipinski definition) is 8. The average molecular weight is 619 g/mol. The van der Waals surface area contributed by atoms with Crippen LogP contribution in [0.3, 0.4) is 0 Å². The van der Waals surface area contributed by atoms with Crippen molar-refractivity contribution >= 4 is 45.6 Å². The first-order chi connectivity index (χ1) is 21.2. The van der Waals surface area contributed by atoms with Gasteiger partial charge < -0.3 is 25.0 Å². The van der Waals surface area contributed by atoms with Crippen molar-refractivity contribution in [1.82, 2.24) is 19.8 Å². The largest absolute Gasteiger partial charge is 0.372 e. The molecule has 0 bridgehead atoms. The number of nitrogens with one attached hydrogen (secondary N) is 2. The average Bonchev–Trinajstić information content (AvgIpc) is 3.38. The predicted octanol–water partition coefficient (Wildman–Crippen LogP) is 4.56. The summed E-state index contributed by atoms with van der Waals surface area (Å²) in [6, 6.07) is 8.06.